The second-order valence-electron chi connectivity index (χ2n) is 8.10. The van der Waals surface area contributed by atoms with E-state index in [1.54, 1.807) is 19.5 Å². The molecule has 0 amide bonds. The normalized spacial score (nSPS) is 13.5. The third kappa shape index (κ3) is 4.32. The van der Waals surface area contributed by atoms with E-state index in [0.29, 0.717) is 41.2 Å². The maximum atomic E-state index is 6.42. The summed E-state index contributed by atoms with van der Waals surface area (Å²) in [7, 11) is 1.63. The SMILES string of the molecule is COc1cc2c(Oc3cc(C)c(C)nc3-c3ccccn3)ccnc2cc1OCC1COC1. The van der Waals surface area contributed by atoms with Gasteiger partial charge in [0.1, 0.15) is 11.4 Å². The summed E-state index contributed by atoms with van der Waals surface area (Å²) in [5, 5.41) is 0.818. The summed E-state index contributed by atoms with van der Waals surface area (Å²) in [6, 6.07) is 13.4. The molecule has 5 rings (SSSR count). The van der Waals surface area contributed by atoms with Gasteiger partial charge in [-0.15, -0.1) is 0 Å². The summed E-state index contributed by atoms with van der Waals surface area (Å²) in [5.41, 5.74) is 4.17. The van der Waals surface area contributed by atoms with Gasteiger partial charge in [-0.05, 0) is 49.7 Å². The predicted octanol–water partition coefficient (Wildman–Crippen LogP) is 5.13. The zero-order valence-corrected chi connectivity index (χ0v) is 18.9. The number of aryl methyl sites for hydroxylation is 2. The zero-order valence-electron chi connectivity index (χ0n) is 18.9. The van der Waals surface area contributed by atoms with Crippen LogP contribution < -0.4 is 14.2 Å². The van der Waals surface area contributed by atoms with Crippen molar-refractivity contribution in [2.75, 3.05) is 26.9 Å². The molecule has 7 heteroatoms. The molecule has 0 N–H and O–H groups in total. The van der Waals surface area contributed by atoms with Crippen molar-refractivity contribution in [3.63, 3.8) is 0 Å². The topological polar surface area (TPSA) is 75.6 Å². The number of rotatable bonds is 7. The van der Waals surface area contributed by atoms with E-state index in [9.17, 15) is 0 Å². The summed E-state index contributed by atoms with van der Waals surface area (Å²) in [6.45, 7) is 6.04. The molecule has 1 saturated heterocycles. The van der Waals surface area contributed by atoms with E-state index in [1.165, 1.54) is 0 Å². The van der Waals surface area contributed by atoms with Gasteiger partial charge >= 0.3 is 0 Å². The Kier molecular flexibility index (Phi) is 5.79. The van der Waals surface area contributed by atoms with Crippen molar-refractivity contribution in [2.24, 2.45) is 5.92 Å². The van der Waals surface area contributed by atoms with E-state index in [-0.39, 0.29) is 0 Å². The molecule has 1 aliphatic heterocycles. The number of hydrogen-bond donors (Lipinski definition) is 0. The number of nitrogens with zero attached hydrogens (tertiary/aromatic N) is 3. The van der Waals surface area contributed by atoms with E-state index < -0.39 is 0 Å². The summed E-state index contributed by atoms with van der Waals surface area (Å²) >= 11 is 0. The van der Waals surface area contributed by atoms with Gasteiger partial charge in [0.2, 0.25) is 0 Å². The van der Waals surface area contributed by atoms with E-state index in [1.807, 2.05) is 56.3 Å². The number of hydrogen-bond acceptors (Lipinski definition) is 7. The van der Waals surface area contributed by atoms with E-state index in [4.69, 9.17) is 23.9 Å². The third-order valence-corrected chi connectivity index (χ3v) is 5.73. The number of methoxy groups -OCH3 is 1. The van der Waals surface area contributed by atoms with Crippen molar-refractivity contribution in [3.8, 4) is 34.4 Å². The van der Waals surface area contributed by atoms with Gasteiger partial charge in [-0.3, -0.25) is 9.97 Å². The first kappa shape index (κ1) is 21.2. The summed E-state index contributed by atoms with van der Waals surface area (Å²) in [4.78, 5) is 13.8. The van der Waals surface area contributed by atoms with Gasteiger partial charge in [0, 0.05) is 35.5 Å². The van der Waals surface area contributed by atoms with Crippen molar-refractivity contribution in [1.29, 1.82) is 0 Å². The summed E-state index contributed by atoms with van der Waals surface area (Å²) in [6.07, 6.45) is 3.47. The molecule has 1 fully saturated rings. The molecular formula is C26H25N3O4. The van der Waals surface area contributed by atoms with Crippen LogP contribution in [0.3, 0.4) is 0 Å². The average molecular weight is 444 g/mol. The standard InChI is InChI=1S/C26H25N3O4/c1-16-10-25(26(29-17(16)2)20-6-4-5-8-27-20)33-22-7-9-28-21-12-24(23(30-3)11-19(21)22)32-15-18-13-31-14-18/h4-12,18H,13-15H2,1-3H3. The molecular weight excluding hydrogens is 418 g/mol. The highest BCUT2D eigenvalue weighted by molar-refractivity contribution is 5.88. The van der Waals surface area contributed by atoms with Crippen LogP contribution in [0.5, 0.6) is 23.0 Å². The Hall–Kier alpha value is -3.71. The first-order chi connectivity index (χ1) is 16.1. The lowest BCUT2D eigenvalue weighted by atomic mass is 10.1. The lowest BCUT2D eigenvalue weighted by Gasteiger charge is -2.26. The number of ether oxygens (including phenoxy) is 4. The Morgan fingerprint density at radius 1 is 0.939 bits per heavy atom. The van der Waals surface area contributed by atoms with Crippen LogP contribution in [-0.4, -0.2) is 41.9 Å². The first-order valence-corrected chi connectivity index (χ1v) is 10.9. The molecule has 0 aliphatic carbocycles. The van der Waals surface area contributed by atoms with Crippen LogP contribution in [0, 0.1) is 19.8 Å². The minimum absolute atomic E-state index is 0.412. The lowest BCUT2D eigenvalue weighted by Crippen LogP contribution is -2.32. The van der Waals surface area contributed by atoms with Gasteiger partial charge in [0.15, 0.2) is 17.2 Å². The van der Waals surface area contributed by atoms with Crippen LogP contribution >= 0.6 is 0 Å². The van der Waals surface area contributed by atoms with Crippen LogP contribution in [0.1, 0.15) is 11.3 Å². The molecule has 0 unspecified atom stereocenters. The third-order valence-electron chi connectivity index (χ3n) is 5.73. The van der Waals surface area contributed by atoms with Gasteiger partial charge in [-0.2, -0.15) is 0 Å². The molecule has 1 aliphatic rings. The van der Waals surface area contributed by atoms with Crippen LogP contribution in [0.2, 0.25) is 0 Å². The highest BCUT2D eigenvalue weighted by atomic mass is 16.5. The van der Waals surface area contributed by atoms with Crippen molar-refractivity contribution in [1.82, 2.24) is 15.0 Å². The van der Waals surface area contributed by atoms with Crippen LogP contribution in [0.15, 0.2) is 54.9 Å². The molecule has 0 atom stereocenters. The number of fused-ring (bicyclic) bond motifs is 1. The van der Waals surface area contributed by atoms with Crippen molar-refractivity contribution >= 4 is 10.9 Å². The Morgan fingerprint density at radius 3 is 2.55 bits per heavy atom. The number of pyridine rings is 3. The van der Waals surface area contributed by atoms with Crippen molar-refractivity contribution in [3.05, 3.63) is 66.1 Å². The number of aromatic nitrogens is 3. The van der Waals surface area contributed by atoms with Crippen LogP contribution in [0.25, 0.3) is 22.3 Å². The second kappa shape index (κ2) is 9.03. The molecule has 4 heterocycles. The van der Waals surface area contributed by atoms with E-state index >= 15 is 0 Å². The molecule has 7 nitrogen and oxygen atoms in total. The quantitative estimate of drug-likeness (QED) is 0.392. The maximum Gasteiger partial charge on any atom is 0.163 e. The minimum Gasteiger partial charge on any atom is -0.493 e. The maximum absolute atomic E-state index is 6.42. The Morgan fingerprint density at radius 2 is 1.82 bits per heavy atom. The Labute approximate surface area is 192 Å². The average Bonchev–Trinajstić information content (AvgIpc) is 2.80. The fourth-order valence-electron chi connectivity index (χ4n) is 3.64. The zero-order chi connectivity index (χ0) is 22.8. The fourth-order valence-corrected chi connectivity index (χ4v) is 3.64. The number of benzene rings is 1. The van der Waals surface area contributed by atoms with Gasteiger partial charge < -0.3 is 18.9 Å². The molecule has 3 aromatic heterocycles. The molecule has 0 spiro atoms. The Balaban J connectivity index is 1.54. The van der Waals surface area contributed by atoms with Gasteiger partial charge in [0.25, 0.3) is 0 Å². The minimum atomic E-state index is 0.412. The molecule has 1 aromatic carbocycles. The van der Waals surface area contributed by atoms with Crippen LogP contribution in [-0.2, 0) is 4.74 Å². The summed E-state index contributed by atoms with van der Waals surface area (Å²) < 4.78 is 23.3. The van der Waals surface area contributed by atoms with Crippen LogP contribution in [0.4, 0.5) is 0 Å². The van der Waals surface area contributed by atoms with Gasteiger partial charge in [-0.25, -0.2) is 4.98 Å². The molecule has 4 aromatic rings. The first-order valence-electron chi connectivity index (χ1n) is 10.9. The summed E-state index contributed by atoms with van der Waals surface area (Å²) in [5.74, 6) is 2.98. The highest BCUT2D eigenvalue weighted by Crippen LogP contribution is 2.39. The highest BCUT2D eigenvalue weighted by Gasteiger charge is 2.21. The van der Waals surface area contributed by atoms with E-state index in [0.717, 1.165) is 41.1 Å². The largest absolute Gasteiger partial charge is 0.493 e. The molecule has 0 radical (unpaired) electrons. The van der Waals surface area contributed by atoms with Crippen molar-refractivity contribution < 1.29 is 18.9 Å². The molecule has 168 valence electrons. The van der Waals surface area contributed by atoms with Crippen molar-refractivity contribution in [2.45, 2.75) is 13.8 Å². The fraction of sp³-hybridized carbons (Fsp3) is 0.269. The predicted molar refractivity (Wildman–Crippen MR) is 125 cm³/mol. The molecule has 0 saturated carbocycles. The molecule has 0 bridgehead atoms. The van der Waals surface area contributed by atoms with Gasteiger partial charge in [0.05, 0.1) is 38.1 Å². The monoisotopic (exact) mass is 443 g/mol. The Bertz CT molecular complexity index is 1290. The van der Waals surface area contributed by atoms with Gasteiger partial charge in [-0.1, -0.05) is 6.07 Å². The lowest BCUT2D eigenvalue weighted by molar-refractivity contribution is -0.0510. The molecule has 33 heavy (non-hydrogen) atoms. The van der Waals surface area contributed by atoms with E-state index in [2.05, 4.69) is 9.97 Å². The smallest absolute Gasteiger partial charge is 0.163 e. The second-order valence-corrected chi connectivity index (χ2v) is 8.10.